The number of nitrogens with one attached hydrogen (secondary N) is 1. The van der Waals surface area contributed by atoms with Crippen molar-refractivity contribution in [1.82, 2.24) is 5.32 Å². The van der Waals surface area contributed by atoms with Crippen LogP contribution in [-0.2, 0) is 0 Å². The third-order valence-corrected chi connectivity index (χ3v) is 6.53. The Labute approximate surface area is 130 Å². The van der Waals surface area contributed by atoms with Gasteiger partial charge in [-0.1, -0.05) is 5.57 Å². The minimum atomic E-state index is -0.332. The molecule has 0 aromatic rings. The fourth-order valence-corrected chi connectivity index (χ4v) is 5.94. The maximum Gasteiger partial charge on any atom is 0.0659 e. The Kier molecular flexibility index (Phi) is 3.99. The van der Waals surface area contributed by atoms with Gasteiger partial charge in [0, 0.05) is 12.1 Å². The molecule has 4 aliphatic carbocycles. The van der Waals surface area contributed by atoms with Gasteiger partial charge in [0.2, 0.25) is 0 Å². The normalized spacial score (nSPS) is 43.8. The van der Waals surface area contributed by atoms with Crippen molar-refractivity contribution in [2.75, 3.05) is 0 Å². The van der Waals surface area contributed by atoms with E-state index in [2.05, 4.69) is 32.7 Å². The zero-order valence-corrected chi connectivity index (χ0v) is 14.1. The first kappa shape index (κ1) is 15.6. The molecule has 120 valence electrons. The van der Waals surface area contributed by atoms with Crippen molar-refractivity contribution >= 4 is 0 Å². The van der Waals surface area contributed by atoms with E-state index in [9.17, 15) is 5.11 Å². The van der Waals surface area contributed by atoms with Crippen LogP contribution in [0.5, 0.6) is 0 Å². The summed E-state index contributed by atoms with van der Waals surface area (Å²) in [6.07, 6.45) is 9.53. The summed E-state index contributed by atoms with van der Waals surface area (Å²) >= 11 is 0. The molecule has 0 saturated heterocycles. The van der Waals surface area contributed by atoms with E-state index in [1.165, 1.54) is 31.3 Å². The summed E-state index contributed by atoms with van der Waals surface area (Å²) in [4.78, 5) is 0. The van der Waals surface area contributed by atoms with Crippen LogP contribution in [0.4, 0.5) is 0 Å². The smallest absolute Gasteiger partial charge is 0.0659 e. The molecule has 2 heteroatoms. The van der Waals surface area contributed by atoms with Crippen molar-refractivity contribution in [1.29, 1.82) is 0 Å². The summed E-state index contributed by atoms with van der Waals surface area (Å²) in [6.45, 7) is 10.8. The van der Waals surface area contributed by atoms with E-state index in [4.69, 9.17) is 0 Å². The van der Waals surface area contributed by atoms with Gasteiger partial charge >= 0.3 is 0 Å². The van der Waals surface area contributed by atoms with Crippen LogP contribution in [0.2, 0.25) is 0 Å². The van der Waals surface area contributed by atoms with Crippen LogP contribution in [0.25, 0.3) is 0 Å². The number of allylic oxidation sites excluding steroid dienone is 1. The third kappa shape index (κ3) is 3.07. The Morgan fingerprint density at radius 1 is 1.24 bits per heavy atom. The second-order valence-electron chi connectivity index (χ2n) is 8.83. The van der Waals surface area contributed by atoms with E-state index in [0.29, 0.717) is 17.5 Å². The molecule has 0 aliphatic heterocycles. The molecular formula is C19H33NO. The Morgan fingerprint density at radius 2 is 1.86 bits per heavy atom. The van der Waals surface area contributed by atoms with Crippen LogP contribution < -0.4 is 5.32 Å². The van der Waals surface area contributed by atoms with Crippen LogP contribution >= 0.6 is 0 Å². The molecule has 2 N–H and O–H groups in total. The van der Waals surface area contributed by atoms with E-state index < -0.39 is 0 Å². The highest BCUT2D eigenvalue weighted by Gasteiger charge is 2.58. The van der Waals surface area contributed by atoms with Crippen molar-refractivity contribution in [3.8, 4) is 0 Å². The maximum atomic E-state index is 10.9. The van der Waals surface area contributed by atoms with E-state index >= 15 is 0 Å². The van der Waals surface area contributed by atoms with Gasteiger partial charge in [-0.15, -0.1) is 6.58 Å². The van der Waals surface area contributed by atoms with E-state index in [0.717, 1.165) is 37.5 Å². The lowest BCUT2D eigenvalue weighted by atomic mass is 9.46. The Bertz CT molecular complexity index is 402. The van der Waals surface area contributed by atoms with Gasteiger partial charge in [-0.25, -0.2) is 0 Å². The quantitative estimate of drug-likeness (QED) is 0.724. The second-order valence-corrected chi connectivity index (χ2v) is 8.83. The summed E-state index contributed by atoms with van der Waals surface area (Å²) in [5.74, 6) is 1.57. The fraction of sp³-hybridized carbons (Fsp3) is 0.895. The van der Waals surface area contributed by atoms with Gasteiger partial charge in [-0.3, -0.25) is 0 Å². The Balaban J connectivity index is 1.64. The van der Waals surface area contributed by atoms with E-state index in [1.807, 2.05) is 0 Å². The number of rotatable bonds is 6. The highest BCUT2D eigenvalue weighted by Crippen LogP contribution is 2.62. The number of hydrogen-bond acceptors (Lipinski definition) is 2. The van der Waals surface area contributed by atoms with Crippen molar-refractivity contribution in [2.24, 2.45) is 17.3 Å². The van der Waals surface area contributed by atoms with Gasteiger partial charge < -0.3 is 10.4 Å². The predicted octanol–water partition coefficient (Wildman–Crippen LogP) is 4.04. The molecule has 0 radical (unpaired) electrons. The second kappa shape index (κ2) is 5.38. The van der Waals surface area contributed by atoms with Crippen LogP contribution in [0.3, 0.4) is 0 Å². The highest BCUT2D eigenvalue weighted by molar-refractivity contribution is 5.11. The lowest BCUT2D eigenvalue weighted by molar-refractivity contribution is -0.172. The Hall–Kier alpha value is -0.340. The lowest BCUT2D eigenvalue weighted by Crippen LogP contribution is -2.61. The molecule has 4 aliphatic rings. The van der Waals surface area contributed by atoms with Crippen LogP contribution in [-0.4, -0.2) is 22.8 Å². The average molecular weight is 291 g/mol. The fourth-order valence-electron chi connectivity index (χ4n) is 5.94. The monoisotopic (exact) mass is 291 g/mol. The first-order chi connectivity index (χ1) is 9.80. The Morgan fingerprint density at radius 3 is 2.38 bits per heavy atom. The van der Waals surface area contributed by atoms with Gasteiger partial charge in [0.05, 0.1) is 5.60 Å². The molecule has 4 saturated carbocycles. The average Bonchev–Trinajstić information content (AvgIpc) is 2.33. The van der Waals surface area contributed by atoms with Crippen molar-refractivity contribution in [2.45, 2.75) is 89.8 Å². The molecule has 0 spiro atoms. The molecule has 4 fully saturated rings. The first-order valence-corrected chi connectivity index (χ1v) is 8.93. The summed E-state index contributed by atoms with van der Waals surface area (Å²) in [7, 11) is 0. The SMILES string of the molecule is C=C(C)CC[C@H](C)N[C@H](C)C12C[C@H]3C[C@@H](CC(O)(C3)C1)C2. The molecule has 0 amide bonds. The molecule has 0 heterocycles. The molecule has 4 atom stereocenters. The van der Waals surface area contributed by atoms with E-state index in [-0.39, 0.29) is 5.60 Å². The number of hydrogen-bond donors (Lipinski definition) is 2. The molecule has 0 unspecified atom stereocenters. The topological polar surface area (TPSA) is 32.3 Å². The number of aliphatic hydroxyl groups is 1. The molecule has 21 heavy (non-hydrogen) atoms. The zero-order valence-electron chi connectivity index (χ0n) is 14.1. The van der Waals surface area contributed by atoms with E-state index in [1.54, 1.807) is 0 Å². The summed E-state index contributed by atoms with van der Waals surface area (Å²) in [5, 5.41) is 14.7. The summed E-state index contributed by atoms with van der Waals surface area (Å²) in [6, 6.07) is 1.06. The maximum absolute atomic E-state index is 10.9. The van der Waals surface area contributed by atoms with Crippen LogP contribution in [0.1, 0.15) is 72.1 Å². The molecule has 2 nitrogen and oxygen atoms in total. The molecule has 4 rings (SSSR count). The minimum absolute atomic E-state index is 0.332. The van der Waals surface area contributed by atoms with Gasteiger partial charge in [0.1, 0.15) is 0 Å². The van der Waals surface area contributed by atoms with Gasteiger partial charge in [0.15, 0.2) is 0 Å². The van der Waals surface area contributed by atoms with Gasteiger partial charge in [0.25, 0.3) is 0 Å². The van der Waals surface area contributed by atoms with Crippen LogP contribution in [0.15, 0.2) is 12.2 Å². The molecular weight excluding hydrogens is 258 g/mol. The van der Waals surface area contributed by atoms with Gasteiger partial charge in [-0.05, 0) is 89.4 Å². The molecule has 0 aromatic heterocycles. The molecule has 0 aromatic carbocycles. The highest BCUT2D eigenvalue weighted by atomic mass is 16.3. The van der Waals surface area contributed by atoms with Crippen molar-refractivity contribution in [3.05, 3.63) is 12.2 Å². The molecule has 4 bridgehead atoms. The minimum Gasteiger partial charge on any atom is -0.390 e. The first-order valence-electron chi connectivity index (χ1n) is 8.93. The third-order valence-electron chi connectivity index (χ3n) is 6.53. The largest absolute Gasteiger partial charge is 0.390 e. The van der Waals surface area contributed by atoms with Crippen molar-refractivity contribution in [3.63, 3.8) is 0 Å². The van der Waals surface area contributed by atoms with Crippen LogP contribution in [0, 0.1) is 17.3 Å². The van der Waals surface area contributed by atoms with Gasteiger partial charge in [-0.2, -0.15) is 0 Å². The zero-order chi connectivity index (χ0) is 15.3. The predicted molar refractivity (Wildman–Crippen MR) is 88.2 cm³/mol. The summed E-state index contributed by atoms with van der Waals surface area (Å²) in [5.41, 5.74) is 1.30. The standard InChI is InChI=1S/C19H33NO/c1-13(2)5-6-14(3)20-15(4)18-8-16-7-17(9-18)11-19(21,10-16)12-18/h14-17,20-21H,1,5-12H2,2-4H3/t14-,15+,16+,17+,18?,19?/m0/s1. The van der Waals surface area contributed by atoms with Crippen molar-refractivity contribution < 1.29 is 5.11 Å². The lowest BCUT2D eigenvalue weighted by Gasteiger charge is -2.62. The summed E-state index contributed by atoms with van der Waals surface area (Å²) < 4.78 is 0.